The van der Waals surface area contributed by atoms with Gasteiger partial charge in [-0.1, -0.05) is 50.7 Å². The Bertz CT molecular complexity index is 286. The van der Waals surface area contributed by atoms with Crippen molar-refractivity contribution in [1.82, 2.24) is 0 Å². The molecule has 0 aromatic heterocycles. The van der Waals surface area contributed by atoms with Gasteiger partial charge in [0.2, 0.25) is 0 Å². The molecule has 0 nitrogen and oxygen atoms in total. The van der Waals surface area contributed by atoms with Crippen LogP contribution in [-0.4, -0.2) is 5.33 Å². The summed E-state index contributed by atoms with van der Waals surface area (Å²) in [7, 11) is 0. The summed E-state index contributed by atoms with van der Waals surface area (Å²) < 4.78 is 0. The molecule has 0 heterocycles. The van der Waals surface area contributed by atoms with E-state index in [1.165, 1.54) is 0 Å². The van der Waals surface area contributed by atoms with Crippen LogP contribution >= 0.6 is 50.7 Å². The number of hydrogen-bond acceptors (Lipinski definition) is 0. The Morgan fingerprint density at radius 1 is 1.08 bits per heavy atom. The maximum absolute atomic E-state index is 5.94. The van der Waals surface area contributed by atoms with E-state index in [0.717, 1.165) is 17.3 Å². The van der Waals surface area contributed by atoms with Crippen LogP contribution in [0.15, 0.2) is 12.1 Å². The second kappa shape index (κ2) is 4.71. The molecule has 12 heavy (non-hydrogen) atoms. The highest BCUT2D eigenvalue weighted by molar-refractivity contribution is 9.09. The van der Waals surface area contributed by atoms with Crippen molar-refractivity contribution >= 4 is 50.7 Å². The lowest BCUT2D eigenvalue weighted by atomic mass is 10.2. The Hall–Kier alpha value is 0.570. The first kappa shape index (κ1) is 10.6. The van der Waals surface area contributed by atoms with Crippen molar-refractivity contribution in [3.63, 3.8) is 0 Å². The predicted molar refractivity (Wildman–Crippen MR) is 59.0 cm³/mol. The molecular weight excluding hydrogens is 282 g/mol. The highest BCUT2D eigenvalue weighted by Crippen LogP contribution is 2.31. The Morgan fingerprint density at radius 2 is 1.67 bits per heavy atom. The van der Waals surface area contributed by atoms with Gasteiger partial charge in [-0.2, -0.15) is 0 Å². The molecule has 1 rings (SSSR count). The average Bonchev–Trinajstić information content (AvgIpc) is 2.06. The van der Waals surface area contributed by atoms with E-state index in [4.69, 9.17) is 34.8 Å². The van der Waals surface area contributed by atoms with Crippen LogP contribution in [0.3, 0.4) is 0 Å². The zero-order valence-corrected chi connectivity index (χ0v) is 9.93. The van der Waals surface area contributed by atoms with Gasteiger partial charge in [0.05, 0.1) is 10.0 Å². The van der Waals surface area contributed by atoms with Crippen molar-refractivity contribution in [1.29, 1.82) is 0 Å². The third-order valence-corrected chi connectivity index (χ3v) is 3.08. The molecule has 0 radical (unpaired) electrons. The number of alkyl halides is 1. The number of benzene rings is 1. The van der Waals surface area contributed by atoms with Crippen LogP contribution in [0.5, 0.6) is 0 Å². The first-order valence-electron chi connectivity index (χ1n) is 3.35. The summed E-state index contributed by atoms with van der Waals surface area (Å²) in [6.07, 6.45) is 0.790. The fraction of sp³-hybridized carbons (Fsp3) is 0.250. The minimum atomic E-state index is 0.553. The smallest absolute Gasteiger partial charge is 0.0639 e. The molecule has 0 spiro atoms. The molecule has 0 amide bonds. The van der Waals surface area contributed by atoms with E-state index in [1.807, 2.05) is 0 Å². The third-order valence-electron chi connectivity index (χ3n) is 1.48. The maximum Gasteiger partial charge on any atom is 0.0639 e. The average molecular weight is 288 g/mol. The molecule has 0 unspecified atom stereocenters. The molecule has 0 aliphatic carbocycles. The first-order chi connectivity index (χ1) is 5.66. The van der Waals surface area contributed by atoms with Crippen LogP contribution in [0.1, 0.15) is 5.56 Å². The van der Waals surface area contributed by atoms with E-state index in [1.54, 1.807) is 12.1 Å². The van der Waals surface area contributed by atoms with Crippen LogP contribution in [0.2, 0.25) is 15.1 Å². The molecule has 66 valence electrons. The van der Waals surface area contributed by atoms with Gasteiger partial charge >= 0.3 is 0 Å². The van der Waals surface area contributed by atoms with Gasteiger partial charge in [-0.15, -0.1) is 0 Å². The number of hydrogen-bond donors (Lipinski definition) is 0. The minimum Gasteiger partial charge on any atom is -0.0924 e. The summed E-state index contributed by atoms with van der Waals surface area (Å²) in [6, 6.07) is 3.46. The molecule has 0 aliphatic heterocycles. The van der Waals surface area contributed by atoms with Crippen molar-refractivity contribution < 1.29 is 0 Å². The van der Waals surface area contributed by atoms with Gasteiger partial charge in [0.25, 0.3) is 0 Å². The van der Waals surface area contributed by atoms with Crippen LogP contribution in [-0.2, 0) is 6.42 Å². The minimum absolute atomic E-state index is 0.553. The third kappa shape index (κ3) is 2.29. The summed E-state index contributed by atoms with van der Waals surface area (Å²) in [5, 5.41) is 2.61. The Labute approximate surface area is 94.9 Å². The van der Waals surface area contributed by atoms with Gasteiger partial charge in [0.1, 0.15) is 0 Å². The fourth-order valence-electron chi connectivity index (χ4n) is 0.893. The van der Waals surface area contributed by atoms with Gasteiger partial charge < -0.3 is 0 Å². The lowest BCUT2D eigenvalue weighted by Crippen LogP contribution is -1.89. The zero-order valence-electron chi connectivity index (χ0n) is 6.08. The van der Waals surface area contributed by atoms with Crippen molar-refractivity contribution in [3.8, 4) is 0 Å². The molecule has 1 aromatic carbocycles. The molecule has 4 heteroatoms. The van der Waals surface area contributed by atoms with Crippen LogP contribution in [0.25, 0.3) is 0 Å². The lowest BCUT2D eigenvalue weighted by Gasteiger charge is -2.05. The summed E-state index contributed by atoms with van der Waals surface area (Å²) in [6.45, 7) is 0. The highest BCUT2D eigenvalue weighted by atomic mass is 79.9. The molecule has 0 fully saturated rings. The van der Waals surface area contributed by atoms with Gasteiger partial charge in [-0.25, -0.2) is 0 Å². The molecule has 0 saturated carbocycles. The molecule has 0 atom stereocenters. The molecule has 0 aliphatic rings. The standard InChI is InChI=1S/C8H6BrCl3/c9-4-3-5-6(10)1-2-7(11)8(5)12/h1-2H,3-4H2. The van der Waals surface area contributed by atoms with Crippen molar-refractivity contribution in [2.24, 2.45) is 0 Å². The molecule has 1 aromatic rings. The van der Waals surface area contributed by atoms with Crippen molar-refractivity contribution in [3.05, 3.63) is 32.8 Å². The second-order valence-electron chi connectivity index (χ2n) is 2.26. The van der Waals surface area contributed by atoms with Crippen molar-refractivity contribution in [2.75, 3.05) is 5.33 Å². The molecular formula is C8H6BrCl3. The van der Waals surface area contributed by atoms with Gasteiger partial charge in [0, 0.05) is 10.4 Å². The largest absolute Gasteiger partial charge is 0.0924 e. The van der Waals surface area contributed by atoms with Crippen molar-refractivity contribution in [2.45, 2.75) is 6.42 Å². The number of halogens is 4. The van der Waals surface area contributed by atoms with E-state index in [0.29, 0.717) is 15.1 Å². The highest BCUT2D eigenvalue weighted by Gasteiger charge is 2.07. The van der Waals surface area contributed by atoms with E-state index in [-0.39, 0.29) is 0 Å². The summed E-state index contributed by atoms with van der Waals surface area (Å²) >= 11 is 21.0. The monoisotopic (exact) mass is 286 g/mol. The Kier molecular flexibility index (Phi) is 4.18. The van der Waals surface area contributed by atoms with Crippen LogP contribution in [0.4, 0.5) is 0 Å². The van der Waals surface area contributed by atoms with Crippen LogP contribution in [0, 0.1) is 0 Å². The fourth-order valence-corrected chi connectivity index (χ4v) is 2.03. The summed E-state index contributed by atoms with van der Waals surface area (Å²) in [5.74, 6) is 0. The molecule has 0 bridgehead atoms. The molecule has 0 N–H and O–H groups in total. The number of rotatable bonds is 2. The van der Waals surface area contributed by atoms with Gasteiger partial charge in [-0.3, -0.25) is 0 Å². The van der Waals surface area contributed by atoms with Gasteiger partial charge in [-0.05, 0) is 24.1 Å². The van der Waals surface area contributed by atoms with E-state index in [9.17, 15) is 0 Å². The predicted octanol–water partition coefficient (Wildman–Crippen LogP) is 4.58. The van der Waals surface area contributed by atoms with E-state index >= 15 is 0 Å². The molecule has 0 saturated heterocycles. The van der Waals surface area contributed by atoms with E-state index < -0.39 is 0 Å². The van der Waals surface area contributed by atoms with Crippen LogP contribution < -0.4 is 0 Å². The quantitative estimate of drug-likeness (QED) is 0.552. The topological polar surface area (TPSA) is 0 Å². The SMILES string of the molecule is Clc1ccc(Cl)c(CCBr)c1Cl. The zero-order chi connectivity index (χ0) is 9.14. The second-order valence-corrected chi connectivity index (χ2v) is 4.25. The summed E-state index contributed by atoms with van der Waals surface area (Å²) in [4.78, 5) is 0. The Morgan fingerprint density at radius 3 is 2.25 bits per heavy atom. The Balaban J connectivity index is 3.14. The van der Waals surface area contributed by atoms with Gasteiger partial charge in [0.15, 0.2) is 0 Å². The normalized spacial score (nSPS) is 10.3. The van der Waals surface area contributed by atoms with E-state index in [2.05, 4.69) is 15.9 Å². The first-order valence-corrected chi connectivity index (χ1v) is 5.60. The lowest BCUT2D eigenvalue weighted by molar-refractivity contribution is 1.17. The maximum atomic E-state index is 5.94. The summed E-state index contributed by atoms with van der Waals surface area (Å²) in [5.41, 5.74) is 0.905.